The maximum absolute atomic E-state index is 14.4. The molecule has 2 aliphatic rings. The molecule has 29 heavy (non-hydrogen) atoms. The lowest BCUT2D eigenvalue weighted by atomic mass is 9.88. The van der Waals surface area contributed by atoms with Crippen LogP contribution in [-0.4, -0.2) is 38.5 Å². The Labute approximate surface area is 183 Å². The second-order valence-corrected chi connectivity index (χ2v) is 9.34. The number of nitrogens with zero attached hydrogens (tertiary/aromatic N) is 3. The van der Waals surface area contributed by atoms with Crippen LogP contribution >= 0.6 is 22.6 Å². The zero-order chi connectivity index (χ0) is 20.7. The maximum Gasteiger partial charge on any atom is 0.137 e. The lowest BCUT2D eigenvalue weighted by Crippen LogP contribution is -2.42. The van der Waals surface area contributed by atoms with Gasteiger partial charge in [0, 0.05) is 30.3 Å². The van der Waals surface area contributed by atoms with E-state index in [0.717, 1.165) is 25.2 Å². The zero-order valence-electron chi connectivity index (χ0n) is 16.6. The smallest absolute Gasteiger partial charge is 0.137 e. The molecule has 0 bridgehead atoms. The molecule has 1 aromatic heterocycles. The molecule has 158 valence electrons. The Bertz CT molecular complexity index is 891. The Morgan fingerprint density at radius 3 is 2.83 bits per heavy atom. The fourth-order valence-electron chi connectivity index (χ4n) is 4.38. The highest BCUT2D eigenvalue weighted by atomic mass is 127. The fourth-order valence-corrected chi connectivity index (χ4v) is 4.81. The molecule has 4 rings (SSSR count). The van der Waals surface area contributed by atoms with E-state index in [-0.39, 0.29) is 15.5 Å². The van der Waals surface area contributed by atoms with E-state index in [1.807, 2.05) is 24.7 Å². The quantitative estimate of drug-likeness (QED) is 0.481. The lowest BCUT2D eigenvalue weighted by Gasteiger charge is -2.39. The van der Waals surface area contributed by atoms with Crippen LogP contribution in [0.2, 0.25) is 0 Å². The van der Waals surface area contributed by atoms with Crippen LogP contribution in [0, 0.1) is 21.1 Å². The molecule has 1 N–H and O–H groups in total. The Morgan fingerprint density at radius 1 is 1.31 bits per heavy atom. The van der Waals surface area contributed by atoms with Gasteiger partial charge in [-0.2, -0.15) is 5.10 Å². The highest BCUT2D eigenvalue weighted by molar-refractivity contribution is 14.1. The molecule has 0 saturated carbocycles. The molecule has 0 spiro atoms. The summed E-state index contributed by atoms with van der Waals surface area (Å²) in [5.41, 5.74) is 2.65. The average molecular weight is 517 g/mol. The number of halogens is 3. The molecule has 8 heteroatoms. The molecule has 1 aromatic carbocycles. The topological polar surface area (TPSA) is 50.5 Å². The zero-order valence-corrected chi connectivity index (χ0v) is 18.8. The van der Waals surface area contributed by atoms with E-state index in [1.165, 1.54) is 17.7 Å². The summed E-state index contributed by atoms with van der Waals surface area (Å²) in [6.07, 6.45) is 2.61. The van der Waals surface area contributed by atoms with E-state index in [4.69, 9.17) is 4.74 Å². The molecule has 0 amide bonds. The van der Waals surface area contributed by atoms with Crippen molar-refractivity contribution in [3.8, 4) is 0 Å². The standard InChI is InChI=1S/C21H26F2IN3O2/c1-3-15(28)9-27-20-10-26(8-13(20)7-25-27)14-4-12(2)21(29-11-14)16-5-18(23)19(24)6-17(16)22/h5-7,12,14-15,21,28H,3-4,8-11H2,1-2H3/t12-,14+,15-,21-/m0/s1. The first-order chi connectivity index (χ1) is 13.9. The van der Waals surface area contributed by atoms with Crippen molar-refractivity contribution in [1.29, 1.82) is 0 Å². The maximum atomic E-state index is 14.4. The number of hydrogen-bond donors (Lipinski definition) is 1. The van der Waals surface area contributed by atoms with Gasteiger partial charge in [0.1, 0.15) is 11.6 Å². The predicted octanol–water partition coefficient (Wildman–Crippen LogP) is 4.02. The van der Waals surface area contributed by atoms with Gasteiger partial charge >= 0.3 is 0 Å². The van der Waals surface area contributed by atoms with Crippen molar-refractivity contribution in [2.75, 3.05) is 6.61 Å². The molecule has 1 saturated heterocycles. The second kappa shape index (κ2) is 8.56. The van der Waals surface area contributed by atoms with Gasteiger partial charge in [-0.1, -0.05) is 13.8 Å². The van der Waals surface area contributed by atoms with E-state index in [9.17, 15) is 13.9 Å². The normalized spacial score (nSPS) is 25.9. The van der Waals surface area contributed by atoms with Crippen molar-refractivity contribution in [2.45, 2.75) is 64.6 Å². The minimum absolute atomic E-state index is 0.0739. The summed E-state index contributed by atoms with van der Waals surface area (Å²) in [6, 6.07) is 2.73. The summed E-state index contributed by atoms with van der Waals surface area (Å²) in [4.78, 5) is 2.36. The van der Waals surface area contributed by atoms with Crippen LogP contribution in [0.4, 0.5) is 8.78 Å². The Kier molecular flexibility index (Phi) is 6.24. The predicted molar refractivity (Wildman–Crippen MR) is 113 cm³/mol. The summed E-state index contributed by atoms with van der Waals surface area (Å²) in [5.74, 6) is -0.743. The number of aliphatic hydroxyl groups is 1. The first-order valence-electron chi connectivity index (χ1n) is 10.1. The van der Waals surface area contributed by atoms with E-state index in [0.29, 0.717) is 25.1 Å². The Hall–Kier alpha value is -1.10. The van der Waals surface area contributed by atoms with Gasteiger partial charge in [-0.15, -0.1) is 0 Å². The molecule has 3 heterocycles. The number of hydrogen-bond acceptors (Lipinski definition) is 4. The highest BCUT2D eigenvalue weighted by Gasteiger charge is 2.37. The molecule has 0 unspecified atom stereocenters. The third kappa shape index (κ3) is 4.22. The number of fused-ring (bicyclic) bond motifs is 1. The SMILES string of the molecule is CC[C@H](O)Cn1ncc2c1CN([C@H]1CO[C@H](c3cc(F)c(I)cc3F)[C@@H](C)C1)C2. The summed E-state index contributed by atoms with van der Waals surface area (Å²) in [7, 11) is 0. The van der Waals surface area contributed by atoms with Gasteiger partial charge in [0.15, 0.2) is 0 Å². The molecule has 5 nitrogen and oxygen atoms in total. The summed E-state index contributed by atoms with van der Waals surface area (Å²) < 4.78 is 36.6. The lowest BCUT2D eigenvalue weighted by molar-refractivity contribution is -0.0725. The van der Waals surface area contributed by atoms with Crippen molar-refractivity contribution in [3.05, 3.63) is 50.4 Å². The average Bonchev–Trinajstić information content (AvgIpc) is 3.27. The van der Waals surface area contributed by atoms with Crippen molar-refractivity contribution >= 4 is 22.6 Å². The van der Waals surface area contributed by atoms with Crippen molar-refractivity contribution in [1.82, 2.24) is 14.7 Å². The van der Waals surface area contributed by atoms with E-state index >= 15 is 0 Å². The molecule has 1 fully saturated rings. The van der Waals surface area contributed by atoms with Gasteiger partial charge in [-0.3, -0.25) is 9.58 Å². The number of rotatable bonds is 5. The molecule has 0 aliphatic carbocycles. The second-order valence-electron chi connectivity index (χ2n) is 8.17. The fraction of sp³-hybridized carbons (Fsp3) is 0.571. The summed E-state index contributed by atoms with van der Waals surface area (Å²) in [5, 5.41) is 14.4. The third-order valence-electron chi connectivity index (χ3n) is 6.11. The molecule has 4 atom stereocenters. The van der Waals surface area contributed by atoms with E-state index in [1.54, 1.807) is 22.6 Å². The monoisotopic (exact) mass is 517 g/mol. The molecule has 2 aromatic rings. The molecular formula is C21H26F2IN3O2. The number of aliphatic hydroxyl groups excluding tert-OH is 1. The first-order valence-corrected chi connectivity index (χ1v) is 11.2. The molecule has 0 radical (unpaired) electrons. The van der Waals surface area contributed by atoms with Crippen LogP contribution in [-0.2, 0) is 24.4 Å². The summed E-state index contributed by atoms with van der Waals surface area (Å²) >= 11 is 1.80. The van der Waals surface area contributed by atoms with Gasteiger partial charge in [-0.25, -0.2) is 8.78 Å². The van der Waals surface area contributed by atoms with Crippen molar-refractivity contribution in [2.24, 2.45) is 5.92 Å². The van der Waals surface area contributed by atoms with Gasteiger partial charge in [-0.05, 0) is 53.5 Å². The van der Waals surface area contributed by atoms with Gasteiger partial charge in [0.05, 0.1) is 40.8 Å². The van der Waals surface area contributed by atoms with Crippen LogP contribution in [0.25, 0.3) is 0 Å². The van der Waals surface area contributed by atoms with Gasteiger partial charge in [0.25, 0.3) is 0 Å². The Balaban J connectivity index is 1.42. The van der Waals surface area contributed by atoms with Crippen molar-refractivity contribution in [3.63, 3.8) is 0 Å². The number of ether oxygens (including phenoxy) is 1. The minimum Gasteiger partial charge on any atom is -0.391 e. The van der Waals surface area contributed by atoms with Crippen LogP contribution < -0.4 is 0 Å². The summed E-state index contributed by atoms with van der Waals surface area (Å²) in [6.45, 7) is 6.56. The van der Waals surface area contributed by atoms with Crippen LogP contribution in [0.1, 0.15) is 49.6 Å². The van der Waals surface area contributed by atoms with E-state index < -0.39 is 23.8 Å². The van der Waals surface area contributed by atoms with Crippen molar-refractivity contribution < 1.29 is 18.6 Å². The van der Waals surface area contributed by atoms with Crippen LogP contribution in [0.3, 0.4) is 0 Å². The van der Waals surface area contributed by atoms with E-state index in [2.05, 4.69) is 10.00 Å². The minimum atomic E-state index is -0.432. The number of aromatic nitrogens is 2. The van der Waals surface area contributed by atoms with Gasteiger partial charge in [0.2, 0.25) is 0 Å². The Morgan fingerprint density at radius 2 is 2.10 bits per heavy atom. The molecular weight excluding hydrogens is 491 g/mol. The molecule has 2 aliphatic heterocycles. The number of benzene rings is 1. The highest BCUT2D eigenvalue weighted by Crippen LogP contribution is 2.38. The largest absolute Gasteiger partial charge is 0.391 e. The van der Waals surface area contributed by atoms with Crippen LogP contribution in [0.5, 0.6) is 0 Å². The van der Waals surface area contributed by atoms with Gasteiger partial charge < -0.3 is 9.84 Å². The first kappa shape index (κ1) is 21.1. The van der Waals surface area contributed by atoms with Crippen LogP contribution in [0.15, 0.2) is 18.3 Å². The third-order valence-corrected chi connectivity index (χ3v) is 6.93.